The molecule has 0 fully saturated rings. The topological polar surface area (TPSA) is 101 Å². The van der Waals surface area contributed by atoms with Crippen molar-refractivity contribution in [3.8, 4) is 0 Å². The molecule has 0 spiro atoms. The number of H-pyrrole nitrogens is 1. The van der Waals surface area contributed by atoms with Crippen LogP contribution in [0.4, 0.5) is 11.4 Å². The van der Waals surface area contributed by atoms with E-state index in [-0.39, 0.29) is 11.6 Å². The average molecular weight is 274 g/mol. The van der Waals surface area contributed by atoms with E-state index in [0.717, 1.165) is 0 Å². The number of hydrogen-bond acceptors (Lipinski definition) is 4. The number of carbonyl (C=O) groups is 1. The first kappa shape index (κ1) is 13.7. The number of nitro groups is 1. The maximum atomic E-state index is 12.2. The Bertz CT molecular complexity index is 671. The van der Waals surface area contributed by atoms with Crippen LogP contribution in [-0.4, -0.2) is 21.0 Å². The molecule has 1 heterocycles. The van der Waals surface area contributed by atoms with Gasteiger partial charge < -0.3 is 5.32 Å². The number of nitrogens with zero attached hydrogens (tertiary/aromatic N) is 2. The Kier molecular flexibility index (Phi) is 3.51. The summed E-state index contributed by atoms with van der Waals surface area (Å²) in [5, 5.41) is 20.2. The van der Waals surface area contributed by atoms with Crippen LogP contribution in [0.1, 0.15) is 27.3 Å². The van der Waals surface area contributed by atoms with E-state index in [4.69, 9.17) is 0 Å². The highest BCUT2D eigenvalue weighted by Gasteiger charge is 2.18. The van der Waals surface area contributed by atoms with Gasteiger partial charge in [-0.3, -0.25) is 20.0 Å². The van der Waals surface area contributed by atoms with Crippen molar-refractivity contribution in [2.45, 2.75) is 20.8 Å². The highest BCUT2D eigenvalue weighted by molar-refractivity contribution is 6.06. The third-order valence-corrected chi connectivity index (χ3v) is 3.11. The van der Waals surface area contributed by atoms with Crippen molar-refractivity contribution in [1.29, 1.82) is 0 Å². The molecule has 0 atom stereocenters. The van der Waals surface area contributed by atoms with Crippen molar-refractivity contribution >= 4 is 17.3 Å². The summed E-state index contributed by atoms with van der Waals surface area (Å²) in [5.41, 5.74) is 2.51. The number of aromatic nitrogens is 2. The zero-order chi connectivity index (χ0) is 14.9. The van der Waals surface area contributed by atoms with E-state index in [0.29, 0.717) is 28.2 Å². The highest BCUT2D eigenvalue weighted by atomic mass is 16.6. The Balaban J connectivity index is 2.34. The lowest BCUT2D eigenvalue weighted by Crippen LogP contribution is -2.14. The third kappa shape index (κ3) is 2.37. The van der Waals surface area contributed by atoms with Gasteiger partial charge in [0.1, 0.15) is 0 Å². The number of aryl methyl sites for hydroxylation is 2. The van der Waals surface area contributed by atoms with Gasteiger partial charge in [0, 0.05) is 11.8 Å². The number of benzene rings is 1. The van der Waals surface area contributed by atoms with Crippen molar-refractivity contribution < 1.29 is 9.72 Å². The number of amides is 1. The molecule has 0 bridgehead atoms. The summed E-state index contributed by atoms with van der Waals surface area (Å²) in [7, 11) is 0. The molecule has 1 aromatic carbocycles. The molecule has 0 saturated heterocycles. The lowest BCUT2D eigenvalue weighted by Gasteiger charge is -2.08. The standard InChI is InChI=1S/C13H14N4O3/c1-7-10(5-4-6-11(7)17(19)20)14-13(18)12-8(2)15-16-9(12)3/h4-6H,1-3H3,(H,14,18)(H,15,16). The Morgan fingerprint density at radius 1 is 1.35 bits per heavy atom. The number of rotatable bonds is 3. The zero-order valence-electron chi connectivity index (χ0n) is 11.4. The monoisotopic (exact) mass is 274 g/mol. The van der Waals surface area contributed by atoms with Crippen LogP contribution in [0.15, 0.2) is 18.2 Å². The highest BCUT2D eigenvalue weighted by Crippen LogP contribution is 2.25. The van der Waals surface area contributed by atoms with Gasteiger partial charge in [0.25, 0.3) is 11.6 Å². The van der Waals surface area contributed by atoms with Crippen molar-refractivity contribution in [3.05, 3.63) is 50.8 Å². The molecular weight excluding hydrogens is 260 g/mol. The second-order valence-electron chi connectivity index (χ2n) is 4.47. The van der Waals surface area contributed by atoms with Gasteiger partial charge in [-0.15, -0.1) is 0 Å². The fourth-order valence-electron chi connectivity index (χ4n) is 2.03. The lowest BCUT2D eigenvalue weighted by atomic mass is 10.1. The normalized spacial score (nSPS) is 10.3. The molecule has 2 aromatic rings. The van der Waals surface area contributed by atoms with Crippen LogP contribution < -0.4 is 5.32 Å². The summed E-state index contributed by atoms with van der Waals surface area (Å²) in [6.07, 6.45) is 0. The minimum absolute atomic E-state index is 0.0246. The summed E-state index contributed by atoms with van der Waals surface area (Å²) in [6.45, 7) is 5.07. The molecule has 1 amide bonds. The van der Waals surface area contributed by atoms with Crippen LogP contribution in [0.25, 0.3) is 0 Å². The smallest absolute Gasteiger partial charge is 0.274 e. The van der Waals surface area contributed by atoms with Crippen LogP contribution in [0.2, 0.25) is 0 Å². The maximum absolute atomic E-state index is 12.2. The molecule has 0 aliphatic carbocycles. The molecule has 0 saturated carbocycles. The third-order valence-electron chi connectivity index (χ3n) is 3.11. The van der Waals surface area contributed by atoms with Gasteiger partial charge >= 0.3 is 0 Å². The Morgan fingerprint density at radius 2 is 2.05 bits per heavy atom. The Morgan fingerprint density at radius 3 is 2.60 bits per heavy atom. The average Bonchev–Trinajstić information content (AvgIpc) is 2.71. The molecule has 0 aliphatic heterocycles. The molecule has 104 valence electrons. The van der Waals surface area contributed by atoms with Crippen molar-refractivity contribution in [1.82, 2.24) is 10.2 Å². The SMILES string of the molecule is Cc1n[nH]c(C)c1C(=O)Nc1cccc([N+](=O)[O-])c1C. The van der Waals surface area contributed by atoms with Crippen LogP contribution in [0.5, 0.6) is 0 Å². The molecule has 1 aromatic heterocycles. The van der Waals surface area contributed by atoms with E-state index in [9.17, 15) is 14.9 Å². The molecule has 7 heteroatoms. The van der Waals surface area contributed by atoms with Crippen molar-refractivity contribution in [3.63, 3.8) is 0 Å². The van der Waals surface area contributed by atoms with Crippen LogP contribution >= 0.6 is 0 Å². The number of carbonyl (C=O) groups excluding carboxylic acids is 1. The zero-order valence-corrected chi connectivity index (χ0v) is 11.4. The van der Waals surface area contributed by atoms with E-state index in [1.54, 1.807) is 26.8 Å². The van der Waals surface area contributed by atoms with Gasteiger partial charge in [-0.25, -0.2) is 0 Å². The first-order chi connectivity index (χ1) is 9.41. The number of anilines is 1. The number of hydrogen-bond donors (Lipinski definition) is 2. The van der Waals surface area contributed by atoms with Gasteiger partial charge in [-0.1, -0.05) is 6.07 Å². The summed E-state index contributed by atoms with van der Waals surface area (Å²) >= 11 is 0. The van der Waals surface area contributed by atoms with E-state index in [2.05, 4.69) is 15.5 Å². The first-order valence-electron chi connectivity index (χ1n) is 5.98. The summed E-state index contributed by atoms with van der Waals surface area (Å²) in [6, 6.07) is 4.57. The second-order valence-corrected chi connectivity index (χ2v) is 4.47. The fourth-order valence-corrected chi connectivity index (χ4v) is 2.03. The lowest BCUT2D eigenvalue weighted by molar-refractivity contribution is -0.385. The van der Waals surface area contributed by atoms with Gasteiger partial charge in [0.2, 0.25) is 0 Å². The molecule has 2 rings (SSSR count). The molecule has 20 heavy (non-hydrogen) atoms. The van der Waals surface area contributed by atoms with Crippen LogP contribution in [0.3, 0.4) is 0 Å². The van der Waals surface area contributed by atoms with Gasteiger partial charge in [-0.2, -0.15) is 5.10 Å². The predicted octanol–water partition coefficient (Wildman–Crippen LogP) is 2.50. The number of nitrogens with one attached hydrogen (secondary N) is 2. The van der Waals surface area contributed by atoms with Crippen molar-refractivity contribution in [2.24, 2.45) is 0 Å². The molecule has 0 radical (unpaired) electrons. The van der Waals surface area contributed by atoms with Gasteiger partial charge in [0.15, 0.2) is 0 Å². The predicted molar refractivity (Wildman–Crippen MR) is 73.8 cm³/mol. The van der Waals surface area contributed by atoms with E-state index >= 15 is 0 Å². The Hall–Kier alpha value is -2.70. The molecule has 2 N–H and O–H groups in total. The van der Waals surface area contributed by atoms with Crippen LogP contribution in [0, 0.1) is 30.9 Å². The largest absolute Gasteiger partial charge is 0.321 e. The van der Waals surface area contributed by atoms with E-state index in [1.807, 2.05) is 0 Å². The molecule has 7 nitrogen and oxygen atoms in total. The quantitative estimate of drug-likeness (QED) is 0.663. The Labute approximate surface area is 115 Å². The van der Waals surface area contributed by atoms with Crippen molar-refractivity contribution in [2.75, 3.05) is 5.32 Å². The summed E-state index contributed by atoms with van der Waals surface area (Å²) in [4.78, 5) is 22.6. The minimum atomic E-state index is -0.473. The number of aromatic amines is 1. The van der Waals surface area contributed by atoms with E-state index < -0.39 is 4.92 Å². The van der Waals surface area contributed by atoms with Gasteiger partial charge in [-0.05, 0) is 26.8 Å². The minimum Gasteiger partial charge on any atom is -0.321 e. The van der Waals surface area contributed by atoms with E-state index in [1.165, 1.54) is 12.1 Å². The molecule has 0 aliphatic rings. The fraction of sp³-hybridized carbons (Fsp3) is 0.231. The summed E-state index contributed by atoms with van der Waals surface area (Å²) in [5.74, 6) is -0.336. The van der Waals surface area contributed by atoms with Crippen LogP contribution in [-0.2, 0) is 0 Å². The van der Waals surface area contributed by atoms with Gasteiger partial charge in [0.05, 0.1) is 27.4 Å². The first-order valence-corrected chi connectivity index (χ1v) is 5.98. The summed E-state index contributed by atoms with van der Waals surface area (Å²) < 4.78 is 0. The second kappa shape index (κ2) is 5.12. The molecular formula is C13H14N4O3. The molecule has 0 unspecified atom stereocenters. The number of nitro benzene ring substituents is 1. The maximum Gasteiger partial charge on any atom is 0.274 e.